The van der Waals surface area contributed by atoms with E-state index < -0.39 is 5.91 Å². The van der Waals surface area contributed by atoms with Gasteiger partial charge in [0.05, 0.1) is 6.42 Å². The molecule has 0 aromatic heterocycles. The average Bonchev–Trinajstić information content (AvgIpc) is 2.40. The third-order valence-electron chi connectivity index (χ3n) is 3.90. The summed E-state index contributed by atoms with van der Waals surface area (Å²) >= 11 is 0. The molecule has 1 aliphatic rings. The minimum atomic E-state index is -0.411. The van der Waals surface area contributed by atoms with Gasteiger partial charge in [-0.3, -0.25) is 4.79 Å². The molecule has 0 unspecified atom stereocenters. The number of amides is 3. The Balaban J connectivity index is 1.94. The lowest BCUT2D eigenvalue weighted by atomic mass is 9.87. The van der Waals surface area contributed by atoms with Crippen LogP contribution < -0.4 is 16.4 Å². The van der Waals surface area contributed by atoms with Crippen molar-refractivity contribution in [1.29, 1.82) is 0 Å². The van der Waals surface area contributed by atoms with Crippen LogP contribution in [0.25, 0.3) is 0 Å². The van der Waals surface area contributed by atoms with Crippen molar-refractivity contribution in [2.24, 2.45) is 11.7 Å². The standard InChI is InChI=1S/C16H23N3O2/c1-11-5-4-7-13(9-11)18-16(21)19-14-8-3-2-6-12(14)10-15(17)20/h2-3,6,8,11,13H,4-5,7,9-10H2,1H3,(H2,17,20)(H2,18,19,21)/t11-,13+/m1/s1. The summed E-state index contributed by atoms with van der Waals surface area (Å²) in [4.78, 5) is 23.1. The SMILES string of the molecule is C[C@@H]1CCC[C@H](NC(=O)Nc2ccccc2CC(N)=O)C1. The van der Waals surface area contributed by atoms with Crippen molar-refractivity contribution in [3.8, 4) is 0 Å². The molecule has 3 amide bonds. The number of hydrogen-bond donors (Lipinski definition) is 3. The van der Waals surface area contributed by atoms with E-state index in [0.717, 1.165) is 24.8 Å². The zero-order valence-electron chi connectivity index (χ0n) is 12.4. The molecular weight excluding hydrogens is 266 g/mol. The molecule has 0 spiro atoms. The van der Waals surface area contributed by atoms with Crippen molar-refractivity contribution in [1.82, 2.24) is 5.32 Å². The second-order valence-corrected chi connectivity index (χ2v) is 5.87. The van der Waals surface area contributed by atoms with E-state index in [-0.39, 0.29) is 18.5 Å². The van der Waals surface area contributed by atoms with Crippen molar-refractivity contribution >= 4 is 17.6 Å². The Labute approximate surface area is 125 Å². The quantitative estimate of drug-likeness (QED) is 0.795. The third-order valence-corrected chi connectivity index (χ3v) is 3.90. The molecule has 0 saturated heterocycles. The maximum Gasteiger partial charge on any atom is 0.319 e. The second-order valence-electron chi connectivity index (χ2n) is 5.87. The highest BCUT2D eigenvalue weighted by molar-refractivity contribution is 5.91. The van der Waals surface area contributed by atoms with E-state index in [1.807, 2.05) is 12.1 Å². The number of urea groups is 1. The molecule has 5 heteroatoms. The lowest BCUT2D eigenvalue weighted by Gasteiger charge is -2.27. The number of anilines is 1. The fraction of sp³-hybridized carbons (Fsp3) is 0.500. The normalized spacial score (nSPS) is 21.6. The van der Waals surface area contributed by atoms with E-state index >= 15 is 0 Å². The maximum atomic E-state index is 12.1. The third kappa shape index (κ3) is 4.77. The van der Waals surface area contributed by atoms with Crippen LogP contribution in [0, 0.1) is 5.92 Å². The van der Waals surface area contributed by atoms with Crippen LogP contribution in [0.1, 0.15) is 38.2 Å². The first-order valence-corrected chi connectivity index (χ1v) is 7.48. The van der Waals surface area contributed by atoms with Crippen molar-refractivity contribution in [2.75, 3.05) is 5.32 Å². The van der Waals surface area contributed by atoms with E-state index in [1.54, 1.807) is 12.1 Å². The van der Waals surface area contributed by atoms with Gasteiger partial charge >= 0.3 is 6.03 Å². The first kappa shape index (κ1) is 15.4. The van der Waals surface area contributed by atoms with E-state index in [1.165, 1.54) is 6.42 Å². The highest BCUT2D eigenvalue weighted by Gasteiger charge is 2.20. The van der Waals surface area contributed by atoms with Gasteiger partial charge in [-0.05, 0) is 30.4 Å². The molecule has 0 heterocycles. The summed E-state index contributed by atoms with van der Waals surface area (Å²) in [5.74, 6) is 0.247. The van der Waals surface area contributed by atoms with Gasteiger partial charge in [-0.25, -0.2) is 4.79 Å². The molecule has 1 aliphatic carbocycles. The Morgan fingerprint density at radius 1 is 1.29 bits per heavy atom. The molecule has 21 heavy (non-hydrogen) atoms. The topological polar surface area (TPSA) is 84.2 Å². The molecule has 2 atom stereocenters. The van der Waals surface area contributed by atoms with Crippen molar-refractivity contribution in [2.45, 2.75) is 45.1 Å². The van der Waals surface area contributed by atoms with Crippen LogP contribution in [0.3, 0.4) is 0 Å². The van der Waals surface area contributed by atoms with Gasteiger partial charge in [0.15, 0.2) is 0 Å². The largest absolute Gasteiger partial charge is 0.369 e. The van der Waals surface area contributed by atoms with Crippen LogP contribution in [0.4, 0.5) is 10.5 Å². The summed E-state index contributed by atoms with van der Waals surface area (Å²) in [5, 5.41) is 5.83. The van der Waals surface area contributed by atoms with Crippen LogP contribution in [0.15, 0.2) is 24.3 Å². The van der Waals surface area contributed by atoms with E-state index in [0.29, 0.717) is 11.6 Å². The minimum absolute atomic E-state index is 0.122. The summed E-state index contributed by atoms with van der Waals surface area (Å²) in [6.45, 7) is 2.22. The van der Waals surface area contributed by atoms with Gasteiger partial charge in [-0.2, -0.15) is 0 Å². The monoisotopic (exact) mass is 289 g/mol. The Morgan fingerprint density at radius 2 is 2.05 bits per heavy atom. The number of rotatable bonds is 4. The van der Waals surface area contributed by atoms with Gasteiger partial charge in [-0.15, -0.1) is 0 Å². The van der Waals surface area contributed by atoms with E-state index in [4.69, 9.17) is 5.73 Å². The summed E-state index contributed by atoms with van der Waals surface area (Å²) < 4.78 is 0. The smallest absolute Gasteiger partial charge is 0.319 e. The molecule has 1 saturated carbocycles. The number of primary amides is 1. The molecule has 0 aliphatic heterocycles. The number of hydrogen-bond acceptors (Lipinski definition) is 2. The number of nitrogens with two attached hydrogens (primary N) is 1. The average molecular weight is 289 g/mol. The molecule has 1 aromatic carbocycles. The predicted octanol–water partition coefficient (Wildman–Crippen LogP) is 2.41. The molecule has 4 N–H and O–H groups in total. The van der Waals surface area contributed by atoms with Gasteiger partial charge in [0.1, 0.15) is 0 Å². The molecule has 2 rings (SSSR count). The first-order chi connectivity index (χ1) is 10.0. The van der Waals surface area contributed by atoms with Gasteiger partial charge in [0, 0.05) is 11.7 Å². The maximum absolute atomic E-state index is 12.1. The molecule has 0 bridgehead atoms. The van der Waals surface area contributed by atoms with Crippen LogP contribution in [0.5, 0.6) is 0 Å². The fourth-order valence-electron chi connectivity index (χ4n) is 2.89. The van der Waals surface area contributed by atoms with E-state index in [2.05, 4.69) is 17.6 Å². The predicted molar refractivity (Wildman–Crippen MR) is 82.9 cm³/mol. The molecule has 5 nitrogen and oxygen atoms in total. The number of benzene rings is 1. The minimum Gasteiger partial charge on any atom is -0.369 e. The lowest BCUT2D eigenvalue weighted by molar-refractivity contribution is -0.117. The number of carbonyl (C=O) groups excluding carboxylic acids is 2. The molecular formula is C16H23N3O2. The lowest BCUT2D eigenvalue weighted by Crippen LogP contribution is -2.40. The van der Waals surface area contributed by atoms with Gasteiger partial charge in [0.25, 0.3) is 0 Å². The molecule has 114 valence electrons. The van der Waals surface area contributed by atoms with Gasteiger partial charge < -0.3 is 16.4 Å². The Bertz CT molecular complexity index is 516. The Hall–Kier alpha value is -2.04. The Morgan fingerprint density at radius 3 is 2.76 bits per heavy atom. The van der Waals surface area contributed by atoms with Crippen molar-refractivity contribution in [3.05, 3.63) is 29.8 Å². The van der Waals surface area contributed by atoms with Crippen LogP contribution >= 0.6 is 0 Å². The summed E-state index contributed by atoms with van der Waals surface area (Å²) in [5.41, 5.74) is 6.59. The molecule has 0 radical (unpaired) electrons. The van der Waals surface area contributed by atoms with E-state index in [9.17, 15) is 9.59 Å². The number of para-hydroxylation sites is 1. The van der Waals surface area contributed by atoms with Crippen molar-refractivity contribution in [3.63, 3.8) is 0 Å². The van der Waals surface area contributed by atoms with Crippen LogP contribution in [0.2, 0.25) is 0 Å². The second kappa shape index (κ2) is 7.11. The van der Waals surface area contributed by atoms with Crippen molar-refractivity contribution < 1.29 is 9.59 Å². The van der Waals surface area contributed by atoms with Gasteiger partial charge in [0.2, 0.25) is 5.91 Å². The highest BCUT2D eigenvalue weighted by Crippen LogP contribution is 2.23. The summed E-state index contributed by atoms with van der Waals surface area (Å²) in [6.07, 6.45) is 4.57. The zero-order chi connectivity index (χ0) is 15.2. The number of carbonyl (C=O) groups is 2. The summed E-state index contributed by atoms with van der Waals surface area (Å²) in [6, 6.07) is 7.24. The molecule has 1 aromatic rings. The Kier molecular flexibility index (Phi) is 5.20. The fourth-order valence-corrected chi connectivity index (χ4v) is 2.89. The zero-order valence-corrected chi connectivity index (χ0v) is 12.4. The van der Waals surface area contributed by atoms with Gasteiger partial charge in [-0.1, -0.05) is 38.0 Å². The number of nitrogens with one attached hydrogen (secondary N) is 2. The van der Waals surface area contributed by atoms with Crippen LogP contribution in [-0.4, -0.2) is 18.0 Å². The summed E-state index contributed by atoms with van der Waals surface area (Å²) in [7, 11) is 0. The highest BCUT2D eigenvalue weighted by atomic mass is 16.2. The molecule has 1 fully saturated rings. The van der Waals surface area contributed by atoms with Crippen LogP contribution in [-0.2, 0) is 11.2 Å². The first-order valence-electron chi connectivity index (χ1n) is 7.48.